The number of alkyl carbamates (subject to hydrolysis) is 2. The van der Waals surface area contributed by atoms with Crippen LogP contribution in [0.15, 0.2) is 60.7 Å². The van der Waals surface area contributed by atoms with Gasteiger partial charge in [0.1, 0.15) is 23.3 Å². The van der Waals surface area contributed by atoms with Gasteiger partial charge in [-0.15, -0.1) is 0 Å². The Morgan fingerprint density at radius 1 is 0.529 bits per heavy atom. The van der Waals surface area contributed by atoms with Gasteiger partial charge in [0.15, 0.2) is 0 Å². The second-order valence-corrected chi connectivity index (χ2v) is 17.5. The SMILES string of the molecule is CC(Cc1ccccc1)(NC(=O)OC1C2CC3CC(C2)CC1C3)C(=O)OC(=O)C(C)(Cc1ccccc1)NC(=O)OC1C2CC3CC(C2)CC1C3. The lowest BCUT2D eigenvalue weighted by atomic mass is 9.55. The second kappa shape index (κ2) is 13.6. The van der Waals surface area contributed by atoms with Gasteiger partial charge in [-0.05, 0) is 137 Å². The normalized spacial score (nSPS) is 34.9. The van der Waals surface area contributed by atoms with Crippen molar-refractivity contribution < 1.29 is 33.4 Å². The Balaban J connectivity index is 0.984. The molecule has 8 saturated carbocycles. The molecule has 2 aromatic rings. The van der Waals surface area contributed by atoms with Crippen molar-refractivity contribution in [1.29, 1.82) is 0 Å². The summed E-state index contributed by atoms with van der Waals surface area (Å²) < 4.78 is 17.9. The van der Waals surface area contributed by atoms with E-state index in [-0.39, 0.29) is 25.0 Å². The van der Waals surface area contributed by atoms with Gasteiger partial charge in [-0.3, -0.25) is 0 Å². The van der Waals surface area contributed by atoms with Crippen LogP contribution in [-0.4, -0.2) is 47.4 Å². The fraction of sp³-hybridized carbons (Fsp3) is 0.619. The average Bonchev–Trinajstić information content (AvgIpc) is 3.08. The second-order valence-electron chi connectivity index (χ2n) is 17.5. The van der Waals surface area contributed by atoms with Crippen molar-refractivity contribution in [3.8, 4) is 0 Å². The molecule has 8 aliphatic carbocycles. The first-order chi connectivity index (χ1) is 24.5. The number of carbonyl (C=O) groups excluding carboxylic acids is 4. The lowest BCUT2D eigenvalue weighted by Gasteiger charge is -2.53. The molecule has 9 heteroatoms. The van der Waals surface area contributed by atoms with E-state index in [4.69, 9.17) is 14.2 Å². The smallest absolute Gasteiger partial charge is 0.408 e. The topological polar surface area (TPSA) is 120 Å². The number of rotatable bonds is 10. The van der Waals surface area contributed by atoms with E-state index in [1.807, 2.05) is 60.7 Å². The number of amides is 2. The van der Waals surface area contributed by atoms with Crippen LogP contribution in [0.25, 0.3) is 0 Å². The first-order valence-electron chi connectivity index (χ1n) is 19.3. The standard InChI is InChI=1S/C42H52N2O7/c1-41(23-25-9-5-3-6-10-25,43-39(47)49-35-31-15-27-13-28(17-31)18-32(35)16-27)37(45)51-38(46)42(2,24-26-11-7-4-8-12-26)44-40(48)50-36-33-19-29-14-30(21-33)22-34(36)20-29/h3-12,27-36H,13-24H2,1-2H3,(H,43,47)(H,44,48). The van der Waals surface area contributed by atoms with Gasteiger partial charge in [-0.25, -0.2) is 19.2 Å². The summed E-state index contributed by atoms with van der Waals surface area (Å²) in [5, 5.41) is 5.66. The van der Waals surface area contributed by atoms with Crippen molar-refractivity contribution >= 4 is 24.1 Å². The van der Waals surface area contributed by atoms with Crippen molar-refractivity contribution in [2.24, 2.45) is 47.3 Å². The maximum Gasteiger partial charge on any atom is 0.408 e. The third kappa shape index (κ3) is 7.14. The van der Waals surface area contributed by atoms with E-state index >= 15 is 0 Å². The summed E-state index contributed by atoms with van der Waals surface area (Å²) in [4.78, 5) is 55.5. The maximum absolute atomic E-state index is 14.2. The molecule has 2 amide bonds. The number of carbonyl (C=O) groups is 4. The molecule has 9 nitrogen and oxygen atoms in total. The van der Waals surface area contributed by atoms with Crippen molar-refractivity contribution in [1.82, 2.24) is 10.6 Å². The van der Waals surface area contributed by atoms with Crippen LogP contribution in [0.3, 0.4) is 0 Å². The number of benzene rings is 2. The molecule has 8 fully saturated rings. The van der Waals surface area contributed by atoms with Crippen LogP contribution in [0.5, 0.6) is 0 Å². The Bertz CT molecular complexity index is 1450. The number of nitrogens with one attached hydrogen (secondary N) is 2. The zero-order chi connectivity index (χ0) is 35.3. The highest BCUT2D eigenvalue weighted by molar-refractivity contribution is 5.97. The van der Waals surface area contributed by atoms with E-state index in [0.717, 1.165) is 86.2 Å². The summed E-state index contributed by atoms with van der Waals surface area (Å²) in [6, 6.07) is 18.6. The van der Waals surface area contributed by atoms with E-state index in [0.29, 0.717) is 23.7 Å². The van der Waals surface area contributed by atoms with Gasteiger partial charge in [0.25, 0.3) is 0 Å². The molecular formula is C42H52N2O7. The molecule has 0 radical (unpaired) electrons. The molecule has 0 aliphatic heterocycles. The molecule has 272 valence electrons. The van der Waals surface area contributed by atoms with Crippen molar-refractivity contribution in [3.63, 3.8) is 0 Å². The van der Waals surface area contributed by atoms with Crippen LogP contribution in [0.1, 0.15) is 89.2 Å². The summed E-state index contributed by atoms with van der Waals surface area (Å²) in [6.45, 7) is 3.13. The van der Waals surface area contributed by atoms with Crippen molar-refractivity contribution in [2.75, 3.05) is 0 Å². The molecule has 2 N–H and O–H groups in total. The van der Waals surface area contributed by atoms with Gasteiger partial charge in [0.05, 0.1) is 0 Å². The van der Waals surface area contributed by atoms with Gasteiger partial charge >= 0.3 is 24.1 Å². The third-order valence-electron chi connectivity index (χ3n) is 13.4. The lowest BCUT2D eigenvalue weighted by molar-refractivity contribution is -0.168. The zero-order valence-electron chi connectivity index (χ0n) is 29.9. The van der Waals surface area contributed by atoms with Crippen LogP contribution in [0.2, 0.25) is 0 Å². The quantitative estimate of drug-likeness (QED) is 0.154. The minimum Gasteiger partial charge on any atom is -0.446 e. The molecule has 0 heterocycles. The van der Waals surface area contributed by atoms with E-state index in [1.54, 1.807) is 13.8 Å². The molecule has 0 aromatic heterocycles. The largest absolute Gasteiger partial charge is 0.446 e. The summed E-state index contributed by atoms with van der Waals surface area (Å²) in [7, 11) is 0. The van der Waals surface area contributed by atoms with Crippen LogP contribution in [-0.2, 0) is 36.6 Å². The van der Waals surface area contributed by atoms with E-state index in [1.165, 1.54) is 12.8 Å². The minimum atomic E-state index is -1.63. The molecule has 0 spiro atoms. The monoisotopic (exact) mass is 696 g/mol. The summed E-state index contributed by atoms with van der Waals surface area (Å²) >= 11 is 0. The molecule has 10 rings (SSSR count). The predicted octanol–water partition coefficient (Wildman–Crippen LogP) is 7.16. The van der Waals surface area contributed by atoms with Gasteiger partial charge in [0, 0.05) is 12.8 Å². The first-order valence-corrected chi connectivity index (χ1v) is 19.3. The third-order valence-corrected chi connectivity index (χ3v) is 13.4. The number of ether oxygens (including phenoxy) is 3. The molecule has 51 heavy (non-hydrogen) atoms. The minimum absolute atomic E-state index is 0.0774. The molecule has 8 bridgehead atoms. The average molecular weight is 697 g/mol. The Kier molecular flexibility index (Phi) is 9.12. The molecule has 0 saturated heterocycles. The first kappa shape index (κ1) is 34.2. The summed E-state index contributed by atoms with van der Waals surface area (Å²) in [5.41, 5.74) is -1.70. The van der Waals surface area contributed by atoms with Gasteiger partial charge < -0.3 is 24.8 Å². The van der Waals surface area contributed by atoms with Crippen molar-refractivity contribution in [3.05, 3.63) is 71.8 Å². The Labute approximate surface area is 300 Å². The molecular weight excluding hydrogens is 644 g/mol. The maximum atomic E-state index is 14.2. The van der Waals surface area contributed by atoms with Crippen LogP contribution in [0.4, 0.5) is 9.59 Å². The fourth-order valence-electron chi connectivity index (χ4n) is 11.5. The van der Waals surface area contributed by atoms with Gasteiger partial charge in [-0.1, -0.05) is 60.7 Å². The lowest BCUT2D eigenvalue weighted by Crippen LogP contribution is -2.60. The van der Waals surface area contributed by atoms with Gasteiger partial charge in [0.2, 0.25) is 0 Å². The molecule has 8 aliphatic rings. The van der Waals surface area contributed by atoms with Crippen LogP contribution >= 0.6 is 0 Å². The highest BCUT2D eigenvalue weighted by atomic mass is 16.6. The van der Waals surface area contributed by atoms with Crippen LogP contribution in [0, 0.1) is 47.3 Å². The Hall–Kier alpha value is -3.88. The number of hydrogen-bond donors (Lipinski definition) is 2. The van der Waals surface area contributed by atoms with E-state index in [2.05, 4.69) is 10.6 Å². The van der Waals surface area contributed by atoms with Gasteiger partial charge in [-0.2, -0.15) is 0 Å². The molecule has 2 atom stereocenters. The molecule has 2 aromatic carbocycles. The van der Waals surface area contributed by atoms with Crippen molar-refractivity contribution in [2.45, 2.75) is 114 Å². The highest BCUT2D eigenvalue weighted by Gasteiger charge is 2.52. The summed E-state index contributed by atoms with van der Waals surface area (Å²) in [6.07, 6.45) is 9.71. The van der Waals surface area contributed by atoms with Crippen LogP contribution < -0.4 is 10.6 Å². The predicted molar refractivity (Wildman–Crippen MR) is 189 cm³/mol. The van der Waals surface area contributed by atoms with E-state index < -0.39 is 35.2 Å². The molecule has 2 unspecified atom stereocenters. The summed E-state index contributed by atoms with van der Waals surface area (Å²) in [5.74, 6) is 2.46. The number of esters is 2. The van der Waals surface area contributed by atoms with E-state index in [9.17, 15) is 19.2 Å². The number of hydrogen-bond acceptors (Lipinski definition) is 7. The Morgan fingerprint density at radius 2 is 0.843 bits per heavy atom. The Morgan fingerprint density at radius 3 is 1.16 bits per heavy atom. The highest BCUT2D eigenvalue weighted by Crippen LogP contribution is 2.55. The zero-order valence-corrected chi connectivity index (χ0v) is 29.9. The fourth-order valence-corrected chi connectivity index (χ4v) is 11.5.